The van der Waals surface area contributed by atoms with E-state index in [1.165, 1.54) is 11.8 Å². The summed E-state index contributed by atoms with van der Waals surface area (Å²) < 4.78 is 0. The van der Waals surface area contributed by atoms with Gasteiger partial charge in [0.15, 0.2) is 0 Å². The van der Waals surface area contributed by atoms with Gasteiger partial charge in [0.2, 0.25) is 5.91 Å². The summed E-state index contributed by atoms with van der Waals surface area (Å²) in [6, 6.07) is 8.52. The predicted molar refractivity (Wildman–Crippen MR) is 117 cm³/mol. The minimum atomic E-state index is -1.05. The number of anilines is 1. The average molecular weight is 454 g/mol. The summed E-state index contributed by atoms with van der Waals surface area (Å²) in [7, 11) is 0. The van der Waals surface area contributed by atoms with Gasteiger partial charge in [-0.15, -0.1) is 11.8 Å². The van der Waals surface area contributed by atoms with Crippen LogP contribution in [-0.4, -0.2) is 27.3 Å². The summed E-state index contributed by atoms with van der Waals surface area (Å²) in [5.74, 6) is -1.17. The number of halogens is 2. The van der Waals surface area contributed by atoms with Gasteiger partial charge < -0.3 is 10.2 Å². The second-order valence-electron chi connectivity index (χ2n) is 7.27. The molecule has 0 saturated carbocycles. The molecule has 5 nitrogen and oxygen atoms in total. The average Bonchev–Trinajstić information content (AvgIpc) is 2.90. The van der Waals surface area contributed by atoms with Crippen LogP contribution in [0, 0.1) is 6.92 Å². The van der Waals surface area contributed by atoms with Crippen molar-refractivity contribution in [1.29, 1.82) is 0 Å². The van der Waals surface area contributed by atoms with E-state index in [-0.39, 0.29) is 24.0 Å². The van der Waals surface area contributed by atoms with Crippen LogP contribution in [0.5, 0.6) is 5.75 Å². The molecule has 2 N–H and O–H groups in total. The van der Waals surface area contributed by atoms with Gasteiger partial charge in [0.05, 0.1) is 11.7 Å². The van der Waals surface area contributed by atoms with Gasteiger partial charge in [0.1, 0.15) is 11.1 Å². The number of aromatic hydroxyl groups is 1. The van der Waals surface area contributed by atoms with E-state index >= 15 is 0 Å². The molecule has 2 unspecified atom stereocenters. The number of aryl methyl sites for hydroxylation is 1. The molecule has 0 aliphatic carbocycles. The van der Waals surface area contributed by atoms with E-state index in [4.69, 9.17) is 23.2 Å². The highest BCUT2D eigenvalue weighted by Crippen LogP contribution is 2.51. The number of nitrogens with zero attached hydrogens (tertiary/aromatic N) is 1. The van der Waals surface area contributed by atoms with Crippen LogP contribution in [0.15, 0.2) is 30.3 Å². The lowest BCUT2D eigenvalue weighted by Crippen LogP contribution is -2.32. The molecule has 2 atom stereocenters. The SMILES string of the molecule is Cc1cc(O)c(C(C)C)cc1N1C(=O)C(CC(=O)O)SC1c1c(Cl)cccc1Cl. The van der Waals surface area contributed by atoms with Crippen molar-refractivity contribution in [2.75, 3.05) is 4.90 Å². The number of phenols is 1. The van der Waals surface area contributed by atoms with Gasteiger partial charge in [-0.3, -0.25) is 14.5 Å². The van der Waals surface area contributed by atoms with Crippen LogP contribution in [-0.2, 0) is 9.59 Å². The zero-order valence-corrected chi connectivity index (χ0v) is 18.5. The van der Waals surface area contributed by atoms with Crippen LogP contribution in [0.4, 0.5) is 5.69 Å². The fourth-order valence-electron chi connectivity index (χ4n) is 3.45. The van der Waals surface area contributed by atoms with Crippen LogP contribution in [0.2, 0.25) is 10.0 Å². The van der Waals surface area contributed by atoms with Crippen LogP contribution in [0.25, 0.3) is 0 Å². The molecule has 154 valence electrons. The normalized spacial score (nSPS) is 19.2. The quantitative estimate of drug-likeness (QED) is 0.601. The summed E-state index contributed by atoms with van der Waals surface area (Å²) in [5, 5.41) is 19.0. The number of rotatable bonds is 5. The number of carbonyl (C=O) groups excluding carboxylic acids is 1. The van der Waals surface area contributed by atoms with E-state index in [1.54, 1.807) is 42.2 Å². The highest BCUT2D eigenvalue weighted by Gasteiger charge is 2.44. The molecule has 8 heteroatoms. The molecule has 1 fully saturated rings. The summed E-state index contributed by atoms with van der Waals surface area (Å²) in [5.41, 5.74) is 2.58. The third-order valence-electron chi connectivity index (χ3n) is 4.87. The molecule has 0 radical (unpaired) electrons. The fraction of sp³-hybridized carbons (Fsp3) is 0.333. The first-order chi connectivity index (χ1) is 13.6. The minimum absolute atomic E-state index is 0.0388. The van der Waals surface area contributed by atoms with Crippen LogP contribution in [0.1, 0.15) is 48.3 Å². The number of aliphatic carboxylic acids is 1. The number of hydrogen-bond donors (Lipinski definition) is 2. The maximum Gasteiger partial charge on any atom is 0.305 e. The second kappa shape index (κ2) is 8.46. The summed E-state index contributed by atoms with van der Waals surface area (Å²) in [6.45, 7) is 5.70. The number of thioether (sulfide) groups is 1. The maximum atomic E-state index is 13.3. The number of carboxylic acid groups (broad SMARTS) is 1. The van der Waals surface area contributed by atoms with Crippen molar-refractivity contribution in [3.63, 3.8) is 0 Å². The van der Waals surface area contributed by atoms with E-state index in [0.717, 1.165) is 0 Å². The molecule has 2 aromatic rings. The lowest BCUT2D eigenvalue weighted by atomic mass is 9.98. The maximum absolute atomic E-state index is 13.3. The van der Waals surface area contributed by atoms with E-state index in [1.807, 2.05) is 13.8 Å². The van der Waals surface area contributed by atoms with Gasteiger partial charge in [0, 0.05) is 21.3 Å². The standard InChI is InChI=1S/C21H21Cl2NO4S/c1-10(2)12-8-15(11(3)7-16(12)25)24-20(28)17(9-18(26)27)29-21(24)19-13(22)5-4-6-14(19)23/h4-8,10,17,21,25H,9H2,1-3H3,(H,26,27). The monoisotopic (exact) mass is 453 g/mol. The Bertz CT molecular complexity index is 959. The van der Waals surface area contributed by atoms with E-state index < -0.39 is 16.6 Å². The second-order valence-corrected chi connectivity index (χ2v) is 9.37. The molecule has 0 spiro atoms. The highest BCUT2D eigenvalue weighted by molar-refractivity contribution is 8.01. The van der Waals surface area contributed by atoms with Gasteiger partial charge in [-0.1, -0.05) is 43.1 Å². The molecule has 0 bridgehead atoms. The molecule has 0 aromatic heterocycles. The molecule has 1 aliphatic rings. The molecular weight excluding hydrogens is 433 g/mol. The number of phenolic OH excluding ortho intramolecular Hbond substituents is 1. The molecule has 1 saturated heterocycles. The molecule has 1 amide bonds. The molecule has 1 heterocycles. The van der Waals surface area contributed by atoms with E-state index in [9.17, 15) is 19.8 Å². The predicted octanol–water partition coefficient (Wildman–Crippen LogP) is 5.75. The Morgan fingerprint density at radius 1 is 1.24 bits per heavy atom. The first-order valence-electron chi connectivity index (χ1n) is 9.09. The minimum Gasteiger partial charge on any atom is -0.508 e. The number of carboxylic acids is 1. The molecule has 2 aromatic carbocycles. The Morgan fingerprint density at radius 2 is 1.86 bits per heavy atom. The van der Waals surface area contributed by atoms with Crippen LogP contribution < -0.4 is 4.90 Å². The van der Waals surface area contributed by atoms with Gasteiger partial charge in [-0.05, 0) is 48.2 Å². The molecular formula is C21H21Cl2NO4S. The van der Waals surface area contributed by atoms with Gasteiger partial charge in [-0.25, -0.2) is 0 Å². The van der Waals surface area contributed by atoms with Crippen LogP contribution in [0.3, 0.4) is 0 Å². The van der Waals surface area contributed by atoms with Crippen molar-refractivity contribution < 1.29 is 19.8 Å². The van der Waals surface area contributed by atoms with Crippen molar-refractivity contribution in [3.05, 3.63) is 57.1 Å². The Labute approximate surface area is 183 Å². The first kappa shape index (κ1) is 21.8. The Hall–Kier alpha value is -1.89. The van der Waals surface area contributed by atoms with Crippen molar-refractivity contribution in [2.45, 2.75) is 43.7 Å². The first-order valence-corrected chi connectivity index (χ1v) is 10.8. The zero-order valence-electron chi connectivity index (χ0n) is 16.1. The van der Waals surface area contributed by atoms with E-state index in [2.05, 4.69) is 0 Å². The number of hydrogen-bond acceptors (Lipinski definition) is 4. The van der Waals surface area contributed by atoms with Gasteiger partial charge >= 0.3 is 5.97 Å². The lowest BCUT2D eigenvalue weighted by Gasteiger charge is -2.28. The fourth-order valence-corrected chi connectivity index (χ4v) is 5.69. The lowest BCUT2D eigenvalue weighted by molar-refractivity contribution is -0.138. The Morgan fingerprint density at radius 3 is 2.41 bits per heavy atom. The molecule has 1 aliphatic heterocycles. The van der Waals surface area contributed by atoms with Gasteiger partial charge in [-0.2, -0.15) is 0 Å². The molecule has 3 rings (SSSR count). The van der Waals surface area contributed by atoms with Crippen molar-refractivity contribution in [1.82, 2.24) is 0 Å². The third-order valence-corrected chi connectivity index (χ3v) is 6.93. The van der Waals surface area contributed by atoms with E-state index in [0.29, 0.717) is 32.4 Å². The highest BCUT2D eigenvalue weighted by atomic mass is 35.5. The number of carbonyl (C=O) groups is 2. The van der Waals surface area contributed by atoms with Crippen molar-refractivity contribution in [2.24, 2.45) is 0 Å². The summed E-state index contributed by atoms with van der Waals surface area (Å²) in [6.07, 6.45) is -0.299. The topological polar surface area (TPSA) is 77.8 Å². The van der Waals surface area contributed by atoms with Crippen molar-refractivity contribution >= 4 is 52.5 Å². The Kier molecular flexibility index (Phi) is 6.36. The van der Waals surface area contributed by atoms with Crippen molar-refractivity contribution in [3.8, 4) is 5.75 Å². The van der Waals surface area contributed by atoms with Gasteiger partial charge in [0.25, 0.3) is 0 Å². The number of benzene rings is 2. The summed E-state index contributed by atoms with van der Waals surface area (Å²) in [4.78, 5) is 26.1. The molecule has 29 heavy (non-hydrogen) atoms. The largest absolute Gasteiger partial charge is 0.508 e. The number of amides is 1. The Balaban J connectivity index is 2.19. The smallest absolute Gasteiger partial charge is 0.305 e. The van der Waals surface area contributed by atoms with Crippen LogP contribution >= 0.6 is 35.0 Å². The third kappa shape index (κ3) is 4.20. The summed E-state index contributed by atoms with van der Waals surface area (Å²) >= 11 is 14.1. The zero-order chi connectivity index (χ0) is 21.5.